The minimum atomic E-state index is -0.211. The smallest absolute Gasteiger partial charge is 0.0690 e. The number of hydrogen-bond acceptors (Lipinski definition) is 3. The fraction of sp³-hybridized carbons (Fsp3) is 0.667. The highest BCUT2D eigenvalue weighted by atomic mass is 16.3. The van der Waals surface area contributed by atoms with Crippen molar-refractivity contribution in [1.29, 1.82) is 0 Å². The summed E-state index contributed by atoms with van der Waals surface area (Å²) in [5, 5.41) is 13.6. The van der Waals surface area contributed by atoms with Crippen molar-refractivity contribution in [3.05, 3.63) is 35.9 Å². The molecule has 21 heavy (non-hydrogen) atoms. The molecule has 1 aliphatic heterocycles. The molecule has 1 aliphatic rings. The molecule has 0 amide bonds. The fourth-order valence-corrected chi connectivity index (χ4v) is 2.90. The molecule has 2 N–H and O–H groups in total. The summed E-state index contributed by atoms with van der Waals surface area (Å²) < 4.78 is 0. The molecule has 0 spiro atoms. The minimum absolute atomic E-state index is 0.211. The third-order valence-corrected chi connectivity index (χ3v) is 4.75. The predicted molar refractivity (Wildman–Crippen MR) is 88.2 cm³/mol. The monoisotopic (exact) mass is 290 g/mol. The van der Waals surface area contributed by atoms with E-state index in [1.54, 1.807) is 0 Å². The van der Waals surface area contributed by atoms with E-state index in [4.69, 9.17) is 0 Å². The van der Waals surface area contributed by atoms with Gasteiger partial charge in [0.15, 0.2) is 0 Å². The van der Waals surface area contributed by atoms with Crippen LogP contribution >= 0.6 is 0 Å². The molecule has 1 aromatic carbocycles. The van der Waals surface area contributed by atoms with Crippen LogP contribution in [-0.4, -0.2) is 41.8 Å². The van der Waals surface area contributed by atoms with Crippen molar-refractivity contribution in [1.82, 2.24) is 10.2 Å². The Bertz CT molecular complexity index is 387. The van der Waals surface area contributed by atoms with Gasteiger partial charge < -0.3 is 10.4 Å². The second-order valence-electron chi connectivity index (χ2n) is 6.40. The first kappa shape index (κ1) is 16.5. The van der Waals surface area contributed by atoms with E-state index < -0.39 is 0 Å². The molecule has 3 heteroatoms. The van der Waals surface area contributed by atoms with Crippen LogP contribution in [0.25, 0.3) is 0 Å². The van der Waals surface area contributed by atoms with Gasteiger partial charge in [-0.15, -0.1) is 0 Å². The Morgan fingerprint density at radius 2 is 1.90 bits per heavy atom. The molecule has 1 saturated heterocycles. The van der Waals surface area contributed by atoms with Gasteiger partial charge in [-0.05, 0) is 37.4 Å². The number of nitrogens with one attached hydrogen (secondary N) is 1. The molecule has 0 saturated carbocycles. The first-order valence-corrected chi connectivity index (χ1v) is 8.36. The standard InChI is InChI=1S/C18H30N2O/c1-3-15(2)18(21)13-19-17-9-11-20(12-10-17)14-16-7-5-4-6-8-16/h4-8,15,17-19,21H,3,9-14H2,1-2H3. The van der Waals surface area contributed by atoms with E-state index in [-0.39, 0.29) is 6.10 Å². The van der Waals surface area contributed by atoms with Crippen LogP contribution in [0, 0.1) is 5.92 Å². The summed E-state index contributed by atoms with van der Waals surface area (Å²) in [6.07, 6.45) is 3.19. The van der Waals surface area contributed by atoms with Crippen LogP contribution in [0.4, 0.5) is 0 Å². The third-order valence-electron chi connectivity index (χ3n) is 4.75. The molecule has 1 fully saturated rings. The van der Waals surface area contributed by atoms with Crippen molar-refractivity contribution >= 4 is 0 Å². The Morgan fingerprint density at radius 3 is 2.52 bits per heavy atom. The lowest BCUT2D eigenvalue weighted by atomic mass is 10.00. The lowest BCUT2D eigenvalue weighted by Gasteiger charge is -2.33. The van der Waals surface area contributed by atoms with Gasteiger partial charge in [-0.1, -0.05) is 50.6 Å². The number of piperidine rings is 1. The maximum atomic E-state index is 10.0. The van der Waals surface area contributed by atoms with Gasteiger partial charge in [0, 0.05) is 19.1 Å². The first-order chi connectivity index (χ1) is 10.2. The van der Waals surface area contributed by atoms with Gasteiger partial charge >= 0.3 is 0 Å². The number of likely N-dealkylation sites (tertiary alicyclic amines) is 1. The Labute approximate surface area is 129 Å². The number of benzene rings is 1. The Hall–Kier alpha value is -0.900. The SMILES string of the molecule is CCC(C)C(O)CNC1CCN(Cc2ccccc2)CC1. The van der Waals surface area contributed by atoms with E-state index in [2.05, 4.69) is 54.4 Å². The van der Waals surface area contributed by atoms with Crippen LogP contribution < -0.4 is 5.32 Å². The van der Waals surface area contributed by atoms with Gasteiger partial charge in [0.25, 0.3) is 0 Å². The molecular formula is C18H30N2O. The summed E-state index contributed by atoms with van der Waals surface area (Å²) in [7, 11) is 0. The van der Waals surface area contributed by atoms with Crippen LogP contribution in [-0.2, 0) is 6.54 Å². The van der Waals surface area contributed by atoms with Gasteiger partial charge in [-0.25, -0.2) is 0 Å². The van der Waals surface area contributed by atoms with Gasteiger partial charge in [-0.2, -0.15) is 0 Å². The normalized spacial score (nSPS) is 20.3. The van der Waals surface area contributed by atoms with Crippen molar-refractivity contribution in [2.24, 2.45) is 5.92 Å². The zero-order valence-electron chi connectivity index (χ0n) is 13.5. The van der Waals surface area contributed by atoms with Gasteiger partial charge in [0.2, 0.25) is 0 Å². The zero-order chi connectivity index (χ0) is 15.1. The highest BCUT2D eigenvalue weighted by Crippen LogP contribution is 2.14. The van der Waals surface area contributed by atoms with Crippen LogP contribution in [0.15, 0.2) is 30.3 Å². The lowest BCUT2D eigenvalue weighted by Crippen LogP contribution is -2.45. The minimum Gasteiger partial charge on any atom is -0.392 e. The molecule has 2 unspecified atom stereocenters. The van der Waals surface area contributed by atoms with Crippen LogP contribution in [0.1, 0.15) is 38.7 Å². The number of nitrogens with zero attached hydrogens (tertiary/aromatic N) is 1. The average Bonchev–Trinajstić information content (AvgIpc) is 2.54. The van der Waals surface area contributed by atoms with Crippen molar-refractivity contribution in [3.8, 4) is 0 Å². The quantitative estimate of drug-likeness (QED) is 0.810. The van der Waals surface area contributed by atoms with E-state index in [0.29, 0.717) is 12.0 Å². The van der Waals surface area contributed by atoms with Crippen LogP contribution in [0.2, 0.25) is 0 Å². The molecule has 1 aromatic rings. The van der Waals surface area contributed by atoms with E-state index in [1.807, 2.05) is 0 Å². The molecule has 0 aromatic heterocycles. The van der Waals surface area contributed by atoms with Crippen molar-refractivity contribution < 1.29 is 5.11 Å². The summed E-state index contributed by atoms with van der Waals surface area (Å²) in [4.78, 5) is 2.53. The largest absolute Gasteiger partial charge is 0.392 e. The Morgan fingerprint density at radius 1 is 1.24 bits per heavy atom. The van der Waals surface area contributed by atoms with Crippen molar-refractivity contribution in [2.45, 2.75) is 51.8 Å². The summed E-state index contributed by atoms with van der Waals surface area (Å²) in [5.41, 5.74) is 1.40. The molecule has 0 radical (unpaired) electrons. The maximum Gasteiger partial charge on any atom is 0.0690 e. The number of aliphatic hydroxyl groups is 1. The van der Waals surface area contributed by atoms with Crippen LogP contribution in [0.5, 0.6) is 0 Å². The molecular weight excluding hydrogens is 260 g/mol. The first-order valence-electron chi connectivity index (χ1n) is 8.36. The van der Waals surface area contributed by atoms with E-state index >= 15 is 0 Å². The lowest BCUT2D eigenvalue weighted by molar-refractivity contribution is 0.102. The number of rotatable bonds is 7. The molecule has 1 heterocycles. The maximum absolute atomic E-state index is 10.0. The summed E-state index contributed by atoms with van der Waals surface area (Å²) >= 11 is 0. The average molecular weight is 290 g/mol. The third kappa shape index (κ3) is 5.42. The summed E-state index contributed by atoms with van der Waals surface area (Å²) in [6.45, 7) is 8.34. The summed E-state index contributed by atoms with van der Waals surface area (Å²) in [5.74, 6) is 0.385. The van der Waals surface area contributed by atoms with Crippen molar-refractivity contribution in [3.63, 3.8) is 0 Å². The zero-order valence-corrected chi connectivity index (χ0v) is 13.5. The van der Waals surface area contributed by atoms with Crippen LogP contribution in [0.3, 0.4) is 0 Å². The van der Waals surface area contributed by atoms with E-state index in [9.17, 15) is 5.11 Å². The second kappa shape index (κ2) is 8.52. The molecule has 2 rings (SSSR count). The number of hydrogen-bond donors (Lipinski definition) is 2. The van der Waals surface area contributed by atoms with Gasteiger partial charge in [0.05, 0.1) is 6.10 Å². The van der Waals surface area contributed by atoms with Gasteiger partial charge in [0.1, 0.15) is 0 Å². The van der Waals surface area contributed by atoms with Crippen molar-refractivity contribution in [2.75, 3.05) is 19.6 Å². The topological polar surface area (TPSA) is 35.5 Å². The predicted octanol–water partition coefficient (Wildman–Crippen LogP) is 2.65. The summed E-state index contributed by atoms with van der Waals surface area (Å²) in [6, 6.07) is 11.3. The molecule has 3 nitrogen and oxygen atoms in total. The fourth-order valence-electron chi connectivity index (χ4n) is 2.90. The molecule has 0 aliphatic carbocycles. The van der Waals surface area contributed by atoms with E-state index in [0.717, 1.165) is 32.6 Å². The Balaban J connectivity index is 1.66. The van der Waals surface area contributed by atoms with Gasteiger partial charge in [-0.3, -0.25) is 4.90 Å². The molecule has 2 atom stereocenters. The highest BCUT2D eigenvalue weighted by molar-refractivity contribution is 5.14. The highest BCUT2D eigenvalue weighted by Gasteiger charge is 2.20. The number of aliphatic hydroxyl groups excluding tert-OH is 1. The molecule has 0 bridgehead atoms. The molecule has 118 valence electrons. The van der Waals surface area contributed by atoms with E-state index in [1.165, 1.54) is 18.4 Å². The second-order valence-corrected chi connectivity index (χ2v) is 6.40. The Kier molecular flexibility index (Phi) is 6.68.